The van der Waals surface area contributed by atoms with Gasteiger partial charge in [-0.2, -0.15) is 0 Å². The Labute approximate surface area is 319 Å². The van der Waals surface area contributed by atoms with E-state index in [1.807, 2.05) is 22.7 Å². The summed E-state index contributed by atoms with van der Waals surface area (Å²) in [6.07, 6.45) is 0. The van der Waals surface area contributed by atoms with Crippen molar-refractivity contribution in [1.82, 2.24) is 0 Å². The molecular formula is C52H30S2. The normalized spacial score (nSPS) is 12.1. The van der Waals surface area contributed by atoms with Crippen molar-refractivity contribution in [3.05, 3.63) is 182 Å². The van der Waals surface area contributed by atoms with Gasteiger partial charge in [0, 0.05) is 30.9 Å². The van der Waals surface area contributed by atoms with Crippen molar-refractivity contribution in [2.75, 3.05) is 0 Å². The largest absolute Gasteiger partial charge is 0.134 e. The second kappa shape index (κ2) is 11.6. The first-order valence-corrected chi connectivity index (χ1v) is 20.1. The minimum atomic E-state index is 1.24. The Morgan fingerprint density at radius 3 is 1.59 bits per heavy atom. The SMILES string of the molecule is c1ccc(-c2ccc3cc(-c4c5ccccc5c(-c5cc6c7ccc8ccccc8c7sc6c6sc7ccccc7c56)c5ccccc45)ccc3c2)cc1. The smallest absolute Gasteiger partial charge is 0.0540 e. The molecule has 2 aromatic heterocycles. The van der Waals surface area contributed by atoms with Crippen molar-refractivity contribution in [3.8, 4) is 33.4 Å². The highest BCUT2D eigenvalue weighted by molar-refractivity contribution is 7.34. The van der Waals surface area contributed by atoms with Gasteiger partial charge in [0.1, 0.15) is 0 Å². The molecule has 250 valence electrons. The minimum absolute atomic E-state index is 1.24. The monoisotopic (exact) mass is 718 g/mol. The lowest BCUT2D eigenvalue weighted by molar-refractivity contribution is 1.64. The second-order valence-corrected chi connectivity index (χ2v) is 16.4. The first kappa shape index (κ1) is 30.2. The standard InChI is InChI=1S/C52H30S2/c1-2-12-31(13-3-1)33-22-23-35-29-36(25-24-34(35)28-33)47-38-16-6-8-18-40(38)48(41-19-9-7-17-39(41)47)45-30-44-42-27-26-32-14-4-5-15-37(32)50(42)54-51(44)52-49(45)43-20-10-11-21-46(43)53-52/h1-30H. The van der Waals surface area contributed by atoms with E-state index in [2.05, 4.69) is 182 Å². The van der Waals surface area contributed by atoms with Gasteiger partial charge in [-0.15, -0.1) is 22.7 Å². The van der Waals surface area contributed by atoms with Gasteiger partial charge < -0.3 is 0 Å². The fraction of sp³-hybridized carbons (Fsp3) is 0. The molecule has 12 aromatic rings. The molecule has 0 aliphatic heterocycles. The van der Waals surface area contributed by atoms with Crippen LogP contribution >= 0.6 is 22.7 Å². The highest BCUT2D eigenvalue weighted by Crippen LogP contribution is 2.53. The molecule has 0 nitrogen and oxygen atoms in total. The first-order valence-electron chi connectivity index (χ1n) is 18.5. The van der Waals surface area contributed by atoms with Crippen LogP contribution in [0.15, 0.2) is 182 Å². The van der Waals surface area contributed by atoms with Crippen LogP contribution in [0.2, 0.25) is 0 Å². The van der Waals surface area contributed by atoms with Crippen LogP contribution in [0.25, 0.3) is 117 Å². The van der Waals surface area contributed by atoms with Crippen LogP contribution in [0.4, 0.5) is 0 Å². The van der Waals surface area contributed by atoms with E-state index in [9.17, 15) is 0 Å². The lowest BCUT2D eigenvalue weighted by atomic mass is 9.84. The summed E-state index contributed by atoms with van der Waals surface area (Å²) >= 11 is 3.90. The van der Waals surface area contributed by atoms with E-state index in [1.54, 1.807) is 0 Å². The van der Waals surface area contributed by atoms with Gasteiger partial charge >= 0.3 is 0 Å². The molecule has 0 saturated heterocycles. The highest BCUT2D eigenvalue weighted by atomic mass is 32.1. The summed E-state index contributed by atoms with van der Waals surface area (Å²) in [4.78, 5) is 0. The molecule has 0 N–H and O–H groups in total. The summed E-state index contributed by atoms with van der Waals surface area (Å²) in [6, 6.07) is 67.7. The van der Waals surface area contributed by atoms with Gasteiger partial charge in [-0.1, -0.05) is 158 Å². The second-order valence-electron chi connectivity index (χ2n) is 14.4. The van der Waals surface area contributed by atoms with Crippen molar-refractivity contribution < 1.29 is 0 Å². The number of benzene rings is 10. The van der Waals surface area contributed by atoms with Crippen LogP contribution in [0, 0.1) is 0 Å². The molecule has 0 atom stereocenters. The van der Waals surface area contributed by atoms with Gasteiger partial charge in [-0.3, -0.25) is 0 Å². The maximum absolute atomic E-state index is 2.53. The van der Waals surface area contributed by atoms with E-state index in [0.29, 0.717) is 0 Å². The van der Waals surface area contributed by atoms with Crippen LogP contribution < -0.4 is 0 Å². The molecule has 0 saturated carbocycles. The van der Waals surface area contributed by atoms with Crippen LogP contribution in [-0.4, -0.2) is 0 Å². The quantitative estimate of drug-likeness (QED) is 0.160. The van der Waals surface area contributed by atoms with Crippen LogP contribution in [0.5, 0.6) is 0 Å². The number of hydrogen-bond donors (Lipinski definition) is 0. The Balaban J connectivity index is 1.18. The Bertz CT molecular complexity index is 3430. The van der Waals surface area contributed by atoms with E-state index in [1.165, 1.54) is 117 Å². The molecule has 54 heavy (non-hydrogen) atoms. The topological polar surface area (TPSA) is 0 Å². The van der Waals surface area contributed by atoms with E-state index < -0.39 is 0 Å². The van der Waals surface area contributed by atoms with Gasteiger partial charge in [0.15, 0.2) is 0 Å². The Kier molecular flexibility index (Phi) is 6.48. The fourth-order valence-electron chi connectivity index (χ4n) is 8.98. The molecular weight excluding hydrogens is 689 g/mol. The maximum atomic E-state index is 2.53. The predicted octanol–water partition coefficient (Wildman–Crippen LogP) is 16.0. The highest BCUT2D eigenvalue weighted by Gasteiger charge is 2.23. The first-order chi connectivity index (χ1) is 26.8. The van der Waals surface area contributed by atoms with Gasteiger partial charge in [0.2, 0.25) is 0 Å². The molecule has 0 bridgehead atoms. The van der Waals surface area contributed by atoms with Gasteiger partial charge in [-0.05, 0) is 101 Å². The minimum Gasteiger partial charge on any atom is -0.134 e. The third-order valence-corrected chi connectivity index (χ3v) is 14.0. The van der Waals surface area contributed by atoms with Gasteiger partial charge in [-0.25, -0.2) is 0 Å². The molecule has 10 aromatic carbocycles. The number of hydrogen-bond acceptors (Lipinski definition) is 2. The maximum Gasteiger partial charge on any atom is 0.0540 e. The van der Waals surface area contributed by atoms with Gasteiger partial charge in [0.25, 0.3) is 0 Å². The molecule has 0 fully saturated rings. The molecule has 0 aliphatic carbocycles. The molecule has 0 radical (unpaired) electrons. The summed E-state index contributed by atoms with van der Waals surface area (Å²) in [7, 11) is 0. The van der Waals surface area contributed by atoms with Crippen LogP contribution in [-0.2, 0) is 0 Å². The Morgan fingerprint density at radius 2 is 0.852 bits per heavy atom. The molecule has 2 heteroatoms. The zero-order valence-electron chi connectivity index (χ0n) is 29.1. The number of thiophene rings is 2. The lowest BCUT2D eigenvalue weighted by Gasteiger charge is -2.19. The molecule has 2 heterocycles. The third kappa shape index (κ3) is 4.36. The summed E-state index contributed by atoms with van der Waals surface area (Å²) in [5.41, 5.74) is 7.64. The summed E-state index contributed by atoms with van der Waals surface area (Å²) in [5.74, 6) is 0. The molecule has 0 spiro atoms. The van der Waals surface area contributed by atoms with Crippen molar-refractivity contribution >= 4 is 106 Å². The van der Waals surface area contributed by atoms with Crippen molar-refractivity contribution in [2.24, 2.45) is 0 Å². The van der Waals surface area contributed by atoms with Gasteiger partial charge in [0.05, 0.1) is 9.40 Å². The van der Waals surface area contributed by atoms with E-state index in [0.717, 1.165) is 0 Å². The zero-order valence-corrected chi connectivity index (χ0v) is 30.8. The van der Waals surface area contributed by atoms with Crippen molar-refractivity contribution in [3.63, 3.8) is 0 Å². The van der Waals surface area contributed by atoms with Crippen molar-refractivity contribution in [2.45, 2.75) is 0 Å². The fourth-order valence-corrected chi connectivity index (χ4v) is 11.7. The number of fused-ring (bicyclic) bond motifs is 12. The van der Waals surface area contributed by atoms with Crippen LogP contribution in [0.1, 0.15) is 0 Å². The zero-order chi connectivity index (χ0) is 35.3. The summed E-state index contributed by atoms with van der Waals surface area (Å²) in [6.45, 7) is 0. The molecule has 0 amide bonds. The average Bonchev–Trinajstić information content (AvgIpc) is 3.82. The lowest BCUT2D eigenvalue weighted by Crippen LogP contribution is -1.91. The Hall–Kier alpha value is -6.32. The Morgan fingerprint density at radius 1 is 0.278 bits per heavy atom. The predicted molar refractivity (Wildman–Crippen MR) is 239 cm³/mol. The number of rotatable bonds is 3. The molecule has 0 aliphatic rings. The molecule has 0 unspecified atom stereocenters. The summed E-state index contributed by atoms with van der Waals surface area (Å²) < 4.78 is 5.48. The third-order valence-electron chi connectivity index (χ3n) is 11.4. The molecule has 12 rings (SSSR count). The average molecular weight is 719 g/mol. The summed E-state index contributed by atoms with van der Waals surface area (Å²) in [5, 5.41) is 15.6. The van der Waals surface area contributed by atoms with E-state index in [4.69, 9.17) is 0 Å². The van der Waals surface area contributed by atoms with Crippen molar-refractivity contribution in [1.29, 1.82) is 0 Å². The van der Waals surface area contributed by atoms with Crippen LogP contribution in [0.3, 0.4) is 0 Å². The van der Waals surface area contributed by atoms with E-state index >= 15 is 0 Å². The van der Waals surface area contributed by atoms with E-state index in [-0.39, 0.29) is 0 Å².